The van der Waals surface area contributed by atoms with Gasteiger partial charge >= 0.3 is 5.97 Å². The van der Waals surface area contributed by atoms with Gasteiger partial charge in [0, 0.05) is 19.4 Å². The number of hydrogen-bond acceptors (Lipinski definition) is 4. The Labute approximate surface area is 171 Å². The zero-order valence-electron chi connectivity index (χ0n) is 18.4. The number of ether oxygens (including phenoxy) is 1. The Morgan fingerprint density at radius 2 is 1.89 bits per heavy atom. The van der Waals surface area contributed by atoms with Crippen LogP contribution in [0.2, 0.25) is 0 Å². The van der Waals surface area contributed by atoms with E-state index in [1.54, 1.807) is 14.0 Å². The van der Waals surface area contributed by atoms with Crippen LogP contribution >= 0.6 is 0 Å². The van der Waals surface area contributed by atoms with Crippen LogP contribution in [0.5, 0.6) is 0 Å². The highest BCUT2D eigenvalue weighted by Crippen LogP contribution is 2.39. The van der Waals surface area contributed by atoms with Gasteiger partial charge in [-0.1, -0.05) is 52.4 Å². The summed E-state index contributed by atoms with van der Waals surface area (Å²) in [5.74, 6) is -0.531. The third-order valence-corrected chi connectivity index (χ3v) is 6.52. The maximum atomic E-state index is 12.5. The molecule has 5 atom stereocenters. The van der Waals surface area contributed by atoms with Crippen molar-refractivity contribution in [2.75, 3.05) is 7.11 Å². The van der Waals surface area contributed by atoms with Crippen LogP contribution in [0.3, 0.4) is 0 Å². The van der Waals surface area contributed by atoms with Crippen LogP contribution in [0, 0.1) is 17.8 Å². The number of carboxylic acids is 1. The van der Waals surface area contributed by atoms with Gasteiger partial charge in [-0.15, -0.1) is 0 Å². The second kappa shape index (κ2) is 12.6. The highest BCUT2D eigenvalue weighted by molar-refractivity contribution is 5.84. The summed E-state index contributed by atoms with van der Waals surface area (Å²) in [6.07, 6.45) is 10.5. The smallest absolute Gasteiger partial charge is 0.306 e. The predicted octanol–water partition coefficient (Wildman–Crippen LogP) is 4.99. The van der Waals surface area contributed by atoms with Crippen LogP contribution in [0.1, 0.15) is 97.8 Å². The second-order valence-corrected chi connectivity index (χ2v) is 9.08. The number of ketones is 1. The minimum Gasteiger partial charge on any atom is -0.481 e. The second-order valence-electron chi connectivity index (χ2n) is 9.08. The van der Waals surface area contributed by atoms with E-state index in [1.165, 1.54) is 0 Å². The van der Waals surface area contributed by atoms with Crippen molar-refractivity contribution < 1.29 is 24.5 Å². The lowest BCUT2D eigenvalue weighted by Crippen LogP contribution is -2.29. The third-order valence-electron chi connectivity index (χ3n) is 6.52. The van der Waals surface area contributed by atoms with Crippen LogP contribution in [0.25, 0.3) is 0 Å². The van der Waals surface area contributed by atoms with Gasteiger partial charge in [0.05, 0.1) is 17.6 Å². The lowest BCUT2D eigenvalue weighted by atomic mass is 9.82. The first-order chi connectivity index (χ1) is 13.2. The zero-order valence-corrected chi connectivity index (χ0v) is 18.4. The molecule has 1 aliphatic rings. The number of unbranched alkanes of at least 4 members (excludes halogenated alkanes) is 4. The Hall–Kier alpha value is -0.940. The molecule has 0 saturated heterocycles. The number of Topliss-reactive ketones (excluding diaryl/α,β-unsaturated/α-hetero) is 1. The maximum Gasteiger partial charge on any atom is 0.306 e. The fraction of sp³-hybridized carbons (Fsp3) is 0.913. The summed E-state index contributed by atoms with van der Waals surface area (Å²) in [6, 6.07) is 0. The van der Waals surface area contributed by atoms with Crippen molar-refractivity contribution in [3.8, 4) is 0 Å². The van der Waals surface area contributed by atoms with E-state index in [0.29, 0.717) is 25.0 Å². The van der Waals surface area contributed by atoms with E-state index in [2.05, 4.69) is 6.92 Å². The molecule has 0 radical (unpaired) electrons. The Morgan fingerprint density at radius 1 is 1.18 bits per heavy atom. The van der Waals surface area contributed by atoms with Crippen molar-refractivity contribution in [2.24, 2.45) is 17.8 Å². The lowest BCUT2D eigenvalue weighted by Gasteiger charge is -2.29. The van der Waals surface area contributed by atoms with Gasteiger partial charge in [0.25, 0.3) is 0 Å². The highest BCUT2D eigenvalue weighted by Gasteiger charge is 2.42. The van der Waals surface area contributed by atoms with Gasteiger partial charge in [-0.3, -0.25) is 9.59 Å². The number of carbonyl (C=O) groups is 2. The van der Waals surface area contributed by atoms with Crippen LogP contribution in [0.15, 0.2) is 0 Å². The van der Waals surface area contributed by atoms with Crippen molar-refractivity contribution in [1.82, 2.24) is 0 Å². The van der Waals surface area contributed by atoms with E-state index in [9.17, 15) is 14.7 Å². The molecular weight excluding hydrogens is 356 g/mol. The normalized spacial score (nSPS) is 25.6. The SMILES string of the molecule is CCCCCC(C)(O)CC[C@H]1[C@H](OC)CC(=O)[C@@H]1CCCCCC(C)C(=O)O. The number of aliphatic carboxylic acids is 1. The average molecular weight is 399 g/mol. The molecule has 0 aliphatic heterocycles. The molecule has 2 N–H and O–H groups in total. The van der Waals surface area contributed by atoms with E-state index in [4.69, 9.17) is 9.84 Å². The van der Waals surface area contributed by atoms with E-state index in [-0.39, 0.29) is 23.9 Å². The van der Waals surface area contributed by atoms with Crippen molar-refractivity contribution in [3.63, 3.8) is 0 Å². The number of carboxylic acid groups (broad SMARTS) is 1. The summed E-state index contributed by atoms with van der Waals surface area (Å²) in [5.41, 5.74) is -0.670. The van der Waals surface area contributed by atoms with Crippen LogP contribution in [0.4, 0.5) is 0 Å². The van der Waals surface area contributed by atoms with E-state index < -0.39 is 11.6 Å². The molecule has 1 saturated carbocycles. The van der Waals surface area contributed by atoms with Crippen LogP contribution in [-0.2, 0) is 14.3 Å². The summed E-state index contributed by atoms with van der Waals surface area (Å²) < 4.78 is 5.61. The van der Waals surface area contributed by atoms with Gasteiger partial charge in [0.15, 0.2) is 0 Å². The highest BCUT2D eigenvalue weighted by atomic mass is 16.5. The minimum atomic E-state index is -0.736. The molecule has 164 valence electrons. The Bertz CT molecular complexity index is 474. The quantitative estimate of drug-likeness (QED) is 0.380. The van der Waals surface area contributed by atoms with E-state index in [0.717, 1.165) is 57.8 Å². The largest absolute Gasteiger partial charge is 0.481 e. The summed E-state index contributed by atoms with van der Waals surface area (Å²) >= 11 is 0. The number of aliphatic hydroxyl groups is 1. The monoisotopic (exact) mass is 398 g/mol. The van der Waals surface area contributed by atoms with E-state index >= 15 is 0 Å². The Kier molecular flexibility index (Phi) is 11.3. The first kappa shape index (κ1) is 25.1. The van der Waals surface area contributed by atoms with Gasteiger partial charge in [-0.05, 0) is 44.9 Å². The Balaban J connectivity index is 2.49. The van der Waals surface area contributed by atoms with Crippen LogP contribution in [-0.4, -0.2) is 40.8 Å². The van der Waals surface area contributed by atoms with E-state index in [1.807, 2.05) is 6.92 Å². The molecule has 0 aromatic carbocycles. The maximum absolute atomic E-state index is 12.5. The van der Waals surface area contributed by atoms with Crippen molar-refractivity contribution >= 4 is 11.8 Å². The molecule has 1 fully saturated rings. The van der Waals surface area contributed by atoms with Crippen molar-refractivity contribution in [3.05, 3.63) is 0 Å². The van der Waals surface area contributed by atoms with Gasteiger partial charge in [0.1, 0.15) is 5.78 Å². The summed E-state index contributed by atoms with van der Waals surface area (Å²) in [4.78, 5) is 23.4. The molecule has 0 aromatic rings. The minimum absolute atomic E-state index is 0.0216. The molecule has 2 unspecified atom stereocenters. The first-order valence-electron chi connectivity index (χ1n) is 11.2. The lowest BCUT2D eigenvalue weighted by molar-refractivity contribution is -0.141. The molecule has 0 spiro atoms. The molecule has 0 aromatic heterocycles. The standard InChI is InChI=1S/C23H42O5/c1-5-6-10-14-23(3,27)15-13-19-18(20(24)16-21(19)28-4)12-9-7-8-11-17(2)22(25)26/h17-19,21,27H,5-16H2,1-4H3,(H,25,26)/t17?,18-,19-,21-,23?/m1/s1. The molecule has 5 nitrogen and oxygen atoms in total. The predicted molar refractivity (Wildman–Crippen MR) is 111 cm³/mol. The number of carbonyl (C=O) groups excluding carboxylic acids is 1. The Morgan fingerprint density at radius 3 is 2.50 bits per heavy atom. The molecule has 1 rings (SSSR count). The fourth-order valence-electron chi connectivity index (χ4n) is 4.49. The molecule has 1 aliphatic carbocycles. The zero-order chi connectivity index (χ0) is 21.2. The van der Waals surface area contributed by atoms with Gasteiger partial charge in [-0.25, -0.2) is 0 Å². The number of rotatable bonds is 15. The molecular formula is C23H42O5. The fourth-order valence-corrected chi connectivity index (χ4v) is 4.49. The number of methoxy groups -OCH3 is 1. The number of hydrogen-bond donors (Lipinski definition) is 2. The summed E-state index contributed by atoms with van der Waals surface area (Å²) in [6.45, 7) is 5.82. The summed E-state index contributed by atoms with van der Waals surface area (Å²) in [7, 11) is 1.68. The molecule has 28 heavy (non-hydrogen) atoms. The topological polar surface area (TPSA) is 83.8 Å². The molecule has 5 heteroatoms. The van der Waals surface area contributed by atoms with Gasteiger partial charge in [0.2, 0.25) is 0 Å². The molecule has 0 bridgehead atoms. The van der Waals surface area contributed by atoms with Gasteiger partial charge < -0.3 is 14.9 Å². The first-order valence-corrected chi connectivity index (χ1v) is 11.2. The van der Waals surface area contributed by atoms with Gasteiger partial charge in [-0.2, -0.15) is 0 Å². The summed E-state index contributed by atoms with van der Waals surface area (Å²) in [5, 5.41) is 19.6. The molecule has 0 amide bonds. The van der Waals surface area contributed by atoms with Crippen molar-refractivity contribution in [2.45, 2.75) is 110 Å². The molecule has 0 heterocycles. The third kappa shape index (κ3) is 8.60. The van der Waals surface area contributed by atoms with Crippen molar-refractivity contribution in [1.29, 1.82) is 0 Å². The van der Waals surface area contributed by atoms with Crippen LogP contribution < -0.4 is 0 Å². The average Bonchev–Trinajstić information content (AvgIpc) is 2.94.